The molecule has 0 saturated carbocycles. The van der Waals surface area contributed by atoms with Crippen molar-refractivity contribution in [1.82, 2.24) is 39.0 Å². The van der Waals surface area contributed by atoms with Gasteiger partial charge in [-0.3, -0.25) is 37.0 Å². The maximum atomic E-state index is 13.1. The standard InChI is InChI=1S/C20H24N10O12P2/c21-14-10-15(24-4-23-14)29(5-25-10)18-8-1-7(39-18)2-37-44(35,36)42-13-12(31)9(3-38-43(33,34)41-8)40-19(13)30-6-26-11-16(30)27-20(22)28-17(11)32/h4-9,12-13,18-19,31H,1-3H2,(H,33,34)(H,35,36)(H2,21,23,24)(H3,22,27,28,32)/t7-,8+,9+,12+,13+,18+,19+/m0/s1. The van der Waals surface area contributed by atoms with Gasteiger partial charge in [-0.05, 0) is 0 Å². The van der Waals surface area contributed by atoms with E-state index in [2.05, 4.69) is 29.9 Å². The second-order valence-electron chi connectivity index (χ2n) is 10.0. The highest BCUT2D eigenvalue weighted by Gasteiger charge is 2.51. The number of phosphoric acid groups is 2. The van der Waals surface area contributed by atoms with E-state index >= 15 is 0 Å². The van der Waals surface area contributed by atoms with Gasteiger partial charge >= 0.3 is 15.6 Å². The van der Waals surface area contributed by atoms with Crippen molar-refractivity contribution < 1.29 is 51.6 Å². The summed E-state index contributed by atoms with van der Waals surface area (Å²) in [6, 6.07) is 0. The number of imidazole rings is 2. The van der Waals surface area contributed by atoms with Crippen molar-refractivity contribution in [2.45, 2.75) is 49.4 Å². The van der Waals surface area contributed by atoms with Gasteiger partial charge in [0.1, 0.15) is 36.3 Å². The topological polar surface area (TPSA) is 309 Å². The Kier molecular flexibility index (Phi) is 7.06. The first-order chi connectivity index (χ1) is 20.9. The van der Waals surface area contributed by atoms with E-state index in [-0.39, 0.29) is 40.5 Å². The molecule has 2 unspecified atom stereocenters. The summed E-state index contributed by atoms with van der Waals surface area (Å²) in [7, 11) is -9.83. The zero-order valence-electron chi connectivity index (χ0n) is 22.1. The Bertz CT molecular complexity index is 1900. The quantitative estimate of drug-likeness (QED) is 0.136. The fourth-order valence-corrected chi connectivity index (χ4v) is 7.15. The molecule has 3 fully saturated rings. The van der Waals surface area contributed by atoms with Crippen molar-refractivity contribution >= 4 is 49.7 Å². The summed E-state index contributed by atoms with van der Waals surface area (Å²) in [4.78, 5) is 56.0. The highest BCUT2D eigenvalue weighted by molar-refractivity contribution is 7.47. The lowest BCUT2D eigenvalue weighted by Crippen LogP contribution is -2.35. The van der Waals surface area contributed by atoms with Crippen LogP contribution in [-0.4, -0.2) is 97.7 Å². The largest absolute Gasteiger partial charge is 0.472 e. The van der Waals surface area contributed by atoms with Gasteiger partial charge in [0.05, 0.1) is 32.0 Å². The van der Waals surface area contributed by atoms with E-state index in [9.17, 15) is 28.8 Å². The third-order valence-electron chi connectivity index (χ3n) is 7.19. The Morgan fingerprint density at radius 2 is 1.59 bits per heavy atom. The first kappa shape index (κ1) is 29.3. The fourth-order valence-electron chi connectivity index (χ4n) is 5.27. The Morgan fingerprint density at radius 3 is 2.39 bits per heavy atom. The molecule has 7 rings (SSSR count). The number of aliphatic hydroxyl groups is 1. The average Bonchev–Trinajstić information content (AvgIpc) is 3.72. The molecule has 22 nitrogen and oxygen atoms in total. The third kappa shape index (κ3) is 5.18. The molecule has 236 valence electrons. The molecule has 0 radical (unpaired) electrons. The second kappa shape index (κ2) is 10.6. The van der Waals surface area contributed by atoms with Crippen LogP contribution < -0.4 is 17.0 Å². The van der Waals surface area contributed by atoms with E-state index < -0.39 is 77.4 Å². The van der Waals surface area contributed by atoms with Crippen LogP contribution in [-0.2, 0) is 36.7 Å². The summed E-state index contributed by atoms with van der Waals surface area (Å²) in [5.41, 5.74) is 11.1. The molecule has 4 bridgehead atoms. The maximum absolute atomic E-state index is 13.1. The average molecular weight is 658 g/mol. The number of H-pyrrole nitrogens is 1. The van der Waals surface area contributed by atoms with Crippen molar-refractivity contribution in [3.8, 4) is 0 Å². The molecule has 0 amide bonds. The number of anilines is 2. The number of nitrogens with two attached hydrogens (primary N) is 2. The molecular formula is C20H24N10O12P2. The van der Waals surface area contributed by atoms with Crippen molar-refractivity contribution in [3.05, 3.63) is 29.3 Å². The highest BCUT2D eigenvalue weighted by Crippen LogP contribution is 2.53. The van der Waals surface area contributed by atoms with E-state index in [0.29, 0.717) is 0 Å². The molecule has 44 heavy (non-hydrogen) atoms. The summed E-state index contributed by atoms with van der Waals surface area (Å²) in [5.74, 6) is -0.181. The zero-order valence-corrected chi connectivity index (χ0v) is 23.9. The Hall–Kier alpha value is -3.40. The van der Waals surface area contributed by atoms with E-state index in [0.717, 1.165) is 10.9 Å². The summed E-state index contributed by atoms with van der Waals surface area (Å²) in [5, 5.41) is 11.0. The van der Waals surface area contributed by atoms with Crippen LogP contribution in [0.5, 0.6) is 0 Å². The molecule has 3 aliphatic heterocycles. The Balaban J connectivity index is 1.21. The van der Waals surface area contributed by atoms with Crippen LogP contribution in [0.4, 0.5) is 11.8 Å². The van der Waals surface area contributed by atoms with Crippen LogP contribution in [0.25, 0.3) is 22.3 Å². The Labute approximate surface area is 244 Å². The van der Waals surface area contributed by atoms with E-state index in [1.165, 1.54) is 17.2 Å². The number of aliphatic hydroxyl groups excluding tert-OH is 1. The van der Waals surface area contributed by atoms with Gasteiger partial charge in [0.25, 0.3) is 5.56 Å². The number of hydrogen-bond donors (Lipinski definition) is 6. The second-order valence-corrected chi connectivity index (χ2v) is 12.9. The molecule has 3 aliphatic rings. The number of nitrogen functional groups attached to an aromatic ring is 2. The smallest absolute Gasteiger partial charge is 0.387 e. The molecule has 0 spiro atoms. The number of hydrogen-bond acceptors (Lipinski definition) is 17. The van der Waals surface area contributed by atoms with Crippen LogP contribution in [0.15, 0.2) is 23.8 Å². The predicted molar refractivity (Wildman–Crippen MR) is 142 cm³/mol. The molecule has 0 aromatic carbocycles. The number of rotatable bonds is 2. The van der Waals surface area contributed by atoms with Gasteiger partial charge in [-0.2, -0.15) is 4.98 Å². The minimum absolute atomic E-state index is 0.0821. The molecule has 4 aromatic rings. The number of aromatic nitrogens is 8. The van der Waals surface area contributed by atoms with Crippen molar-refractivity contribution in [3.63, 3.8) is 0 Å². The normalized spacial score (nSPS) is 36.6. The van der Waals surface area contributed by atoms with Gasteiger partial charge in [-0.1, -0.05) is 0 Å². The molecular weight excluding hydrogens is 634 g/mol. The molecule has 3 saturated heterocycles. The van der Waals surface area contributed by atoms with E-state index in [1.54, 1.807) is 0 Å². The number of fused-ring (bicyclic) bond motifs is 6. The lowest BCUT2D eigenvalue weighted by molar-refractivity contribution is -0.0673. The lowest BCUT2D eigenvalue weighted by atomic mass is 10.1. The van der Waals surface area contributed by atoms with Gasteiger partial charge in [-0.15, -0.1) is 0 Å². The highest BCUT2D eigenvalue weighted by atomic mass is 31.2. The summed E-state index contributed by atoms with van der Waals surface area (Å²) in [6.45, 7) is -1.30. The fraction of sp³-hybridized carbons (Fsp3) is 0.500. The van der Waals surface area contributed by atoms with Crippen LogP contribution in [0, 0.1) is 0 Å². The first-order valence-electron chi connectivity index (χ1n) is 12.8. The van der Waals surface area contributed by atoms with Gasteiger partial charge in [0.2, 0.25) is 5.95 Å². The minimum atomic E-state index is -4.96. The summed E-state index contributed by atoms with van der Waals surface area (Å²) >= 11 is 0. The van der Waals surface area contributed by atoms with Crippen LogP contribution >= 0.6 is 15.6 Å². The predicted octanol–water partition coefficient (Wildman–Crippen LogP) is -1.31. The third-order valence-corrected chi connectivity index (χ3v) is 9.19. The van der Waals surface area contributed by atoms with E-state index in [1.807, 2.05) is 0 Å². The number of phosphoric ester groups is 2. The van der Waals surface area contributed by atoms with Crippen molar-refractivity contribution in [2.24, 2.45) is 0 Å². The number of ether oxygens (including phenoxy) is 2. The zero-order chi connectivity index (χ0) is 31.0. The molecule has 8 N–H and O–H groups in total. The van der Waals surface area contributed by atoms with Crippen molar-refractivity contribution in [1.29, 1.82) is 0 Å². The maximum Gasteiger partial charge on any atom is 0.472 e. The van der Waals surface area contributed by atoms with Gasteiger partial charge in [0.15, 0.2) is 35.1 Å². The minimum Gasteiger partial charge on any atom is -0.387 e. The SMILES string of the molecule is Nc1nc2c(ncn2[C@@H]2O[C@@H]3COP(=O)(O)O[C@@H]4C[C@@H](COP(=O)(O)O[C@@H]2[C@@H]3O)O[C@H]4n2cnc3c(N)ncnc32)c(=O)[nH]1. The molecule has 9 atom stereocenters. The summed E-state index contributed by atoms with van der Waals surface area (Å²) in [6.07, 6.45) is -6.02. The molecule has 4 aromatic heterocycles. The van der Waals surface area contributed by atoms with Crippen molar-refractivity contribution in [2.75, 3.05) is 24.7 Å². The van der Waals surface area contributed by atoms with Crippen LogP contribution in [0.2, 0.25) is 0 Å². The van der Waals surface area contributed by atoms with Crippen LogP contribution in [0.3, 0.4) is 0 Å². The molecule has 0 aliphatic carbocycles. The van der Waals surface area contributed by atoms with E-state index in [4.69, 9.17) is 39.0 Å². The number of nitrogens with one attached hydrogen (secondary N) is 1. The monoisotopic (exact) mass is 658 g/mol. The Morgan fingerprint density at radius 1 is 0.886 bits per heavy atom. The first-order valence-corrected chi connectivity index (χ1v) is 15.8. The molecule has 7 heterocycles. The van der Waals surface area contributed by atoms with Gasteiger partial charge in [0, 0.05) is 6.42 Å². The number of nitrogens with zero attached hydrogens (tertiary/aromatic N) is 7. The van der Waals surface area contributed by atoms with Gasteiger partial charge < -0.3 is 35.8 Å². The summed E-state index contributed by atoms with van der Waals surface area (Å²) < 4.78 is 61.8. The molecule has 24 heteroatoms. The lowest BCUT2D eigenvalue weighted by Gasteiger charge is -2.24. The number of aromatic amines is 1. The van der Waals surface area contributed by atoms with Crippen LogP contribution in [0.1, 0.15) is 18.9 Å². The van der Waals surface area contributed by atoms with Gasteiger partial charge in [-0.25, -0.2) is 29.1 Å².